The fraction of sp³-hybridized carbons (Fsp3) is 0.348. The van der Waals surface area contributed by atoms with Gasteiger partial charge in [-0.25, -0.2) is 13.2 Å². The van der Waals surface area contributed by atoms with Crippen molar-refractivity contribution in [3.8, 4) is 0 Å². The third-order valence-corrected chi connectivity index (χ3v) is 8.00. The third-order valence-electron chi connectivity index (χ3n) is 5.62. The standard InChI is InChI=1S/C23H24ClN3O5S/c1-16-25-22(32-26-16)15-31-23(28)19-7-8-20(24)21(14-19)33(29,30)27-11-9-18(10-12-27)13-17-5-3-2-4-6-17/h2-8,14,18H,9-13,15H2,1H3. The minimum atomic E-state index is -3.86. The number of hydrogen-bond acceptors (Lipinski definition) is 7. The van der Waals surface area contributed by atoms with Crippen molar-refractivity contribution in [1.29, 1.82) is 0 Å². The number of benzene rings is 2. The van der Waals surface area contributed by atoms with Crippen molar-refractivity contribution in [2.24, 2.45) is 5.92 Å². The summed E-state index contributed by atoms with van der Waals surface area (Å²) in [6, 6.07) is 14.3. The molecule has 0 amide bonds. The Hall–Kier alpha value is -2.75. The fourth-order valence-corrected chi connectivity index (χ4v) is 5.85. The van der Waals surface area contributed by atoms with Gasteiger partial charge < -0.3 is 9.26 Å². The Morgan fingerprint density at radius 1 is 1.18 bits per heavy atom. The van der Waals surface area contributed by atoms with Gasteiger partial charge in [-0.2, -0.15) is 9.29 Å². The van der Waals surface area contributed by atoms with Gasteiger partial charge in [-0.15, -0.1) is 0 Å². The monoisotopic (exact) mass is 489 g/mol. The summed E-state index contributed by atoms with van der Waals surface area (Å²) in [6.45, 7) is 2.25. The van der Waals surface area contributed by atoms with E-state index in [0.717, 1.165) is 19.3 Å². The molecule has 0 unspecified atom stereocenters. The predicted octanol–water partition coefficient (Wildman–Crippen LogP) is 4.03. The van der Waals surface area contributed by atoms with Gasteiger partial charge in [0.1, 0.15) is 4.90 Å². The van der Waals surface area contributed by atoms with Gasteiger partial charge in [-0.3, -0.25) is 0 Å². The van der Waals surface area contributed by atoms with E-state index >= 15 is 0 Å². The number of sulfonamides is 1. The third kappa shape index (κ3) is 5.61. The molecule has 1 aromatic heterocycles. The van der Waals surface area contributed by atoms with E-state index in [-0.39, 0.29) is 28.0 Å². The maximum absolute atomic E-state index is 13.3. The molecule has 4 rings (SSSR count). The minimum absolute atomic E-state index is 0.0606. The topological polar surface area (TPSA) is 103 Å². The van der Waals surface area contributed by atoms with Crippen LogP contribution in [0.3, 0.4) is 0 Å². The van der Waals surface area contributed by atoms with Gasteiger partial charge in [0.05, 0.1) is 10.6 Å². The van der Waals surface area contributed by atoms with Gasteiger partial charge in [-0.05, 0) is 55.9 Å². The van der Waals surface area contributed by atoms with Gasteiger partial charge >= 0.3 is 5.97 Å². The number of aryl methyl sites for hydroxylation is 1. The Morgan fingerprint density at radius 3 is 2.58 bits per heavy atom. The number of aromatic nitrogens is 2. The zero-order valence-electron chi connectivity index (χ0n) is 18.1. The lowest BCUT2D eigenvalue weighted by atomic mass is 9.91. The molecule has 1 saturated heterocycles. The first-order valence-corrected chi connectivity index (χ1v) is 12.4. The van der Waals surface area contributed by atoms with Crippen LogP contribution in [0.4, 0.5) is 0 Å². The Balaban J connectivity index is 1.42. The van der Waals surface area contributed by atoms with Crippen molar-refractivity contribution >= 4 is 27.6 Å². The average Bonchev–Trinajstić information content (AvgIpc) is 3.24. The van der Waals surface area contributed by atoms with Crippen molar-refractivity contribution in [3.63, 3.8) is 0 Å². The molecule has 3 aromatic rings. The summed E-state index contributed by atoms with van der Waals surface area (Å²) in [5, 5.41) is 3.69. The molecule has 0 N–H and O–H groups in total. The highest BCUT2D eigenvalue weighted by atomic mass is 35.5. The Bertz CT molecular complexity index is 1220. The summed E-state index contributed by atoms with van der Waals surface area (Å²) in [5.74, 6) is 0.291. The first-order chi connectivity index (χ1) is 15.8. The van der Waals surface area contributed by atoms with Gasteiger partial charge in [-0.1, -0.05) is 47.1 Å². The molecule has 10 heteroatoms. The summed E-state index contributed by atoms with van der Waals surface area (Å²) in [6.07, 6.45) is 2.45. The molecule has 33 heavy (non-hydrogen) atoms. The van der Waals surface area contributed by atoms with E-state index in [4.69, 9.17) is 20.9 Å². The molecule has 2 heterocycles. The van der Waals surface area contributed by atoms with Crippen LogP contribution in [0, 0.1) is 12.8 Å². The van der Waals surface area contributed by atoms with Gasteiger partial charge in [0.25, 0.3) is 5.89 Å². The number of hydrogen-bond donors (Lipinski definition) is 0. The van der Waals surface area contributed by atoms with Crippen LogP contribution < -0.4 is 0 Å². The fourth-order valence-electron chi connectivity index (χ4n) is 3.88. The Morgan fingerprint density at radius 2 is 1.91 bits per heavy atom. The Labute approximate surface area is 197 Å². The lowest BCUT2D eigenvalue weighted by Crippen LogP contribution is -2.39. The van der Waals surface area contributed by atoms with Crippen molar-refractivity contribution in [2.45, 2.75) is 37.7 Å². The van der Waals surface area contributed by atoms with E-state index < -0.39 is 16.0 Å². The van der Waals surface area contributed by atoms with Crippen molar-refractivity contribution in [1.82, 2.24) is 14.4 Å². The Kier molecular flexibility index (Phi) is 7.11. The van der Waals surface area contributed by atoms with E-state index in [1.807, 2.05) is 18.2 Å². The summed E-state index contributed by atoms with van der Waals surface area (Å²) >= 11 is 6.23. The molecular weight excluding hydrogens is 466 g/mol. The second-order valence-corrected chi connectivity index (χ2v) is 10.3. The molecule has 2 aromatic carbocycles. The SMILES string of the molecule is Cc1noc(COC(=O)c2ccc(Cl)c(S(=O)(=O)N3CCC(Cc4ccccc4)CC3)c2)n1. The van der Waals surface area contributed by atoms with Crippen LogP contribution in [0.1, 0.15) is 40.5 Å². The van der Waals surface area contributed by atoms with Crippen molar-refractivity contribution in [2.75, 3.05) is 13.1 Å². The van der Waals surface area contributed by atoms with Crippen LogP contribution in [-0.4, -0.2) is 41.9 Å². The van der Waals surface area contributed by atoms with Gasteiger partial charge in [0, 0.05) is 13.1 Å². The number of rotatable bonds is 7. The second-order valence-electron chi connectivity index (χ2n) is 7.99. The second kappa shape index (κ2) is 10.0. The maximum Gasteiger partial charge on any atom is 0.338 e. The van der Waals surface area contributed by atoms with Crippen LogP contribution in [0.2, 0.25) is 5.02 Å². The number of esters is 1. The zero-order valence-corrected chi connectivity index (χ0v) is 19.7. The molecule has 1 aliphatic rings. The van der Waals surface area contributed by atoms with Gasteiger partial charge in [0.15, 0.2) is 12.4 Å². The number of halogens is 1. The van der Waals surface area contributed by atoms with Crippen molar-refractivity contribution < 1.29 is 22.5 Å². The number of ether oxygens (including phenoxy) is 1. The van der Waals surface area contributed by atoms with E-state index in [2.05, 4.69) is 22.3 Å². The van der Waals surface area contributed by atoms with E-state index in [1.165, 1.54) is 28.1 Å². The predicted molar refractivity (Wildman–Crippen MR) is 121 cm³/mol. The molecule has 0 bridgehead atoms. The summed E-state index contributed by atoms with van der Waals surface area (Å²) in [4.78, 5) is 16.3. The molecule has 0 saturated carbocycles. The lowest BCUT2D eigenvalue weighted by Gasteiger charge is -2.31. The minimum Gasteiger partial charge on any atom is -0.452 e. The highest BCUT2D eigenvalue weighted by molar-refractivity contribution is 7.89. The van der Waals surface area contributed by atoms with Gasteiger partial charge in [0.2, 0.25) is 10.0 Å². The maximum atomic E-state index is 13.3. The molecule has 0 atom stereocenters. The molecule has 0 aliphatic carbocycles. The molecule has 1 fully saturated rings. The largest absolute Gasteiger partial charge is 0.452 e. The number of nitrogens with zero attached hydrogens (tertiary/aromatic N) is 3. The van der Waals surface area contributed by atoms with E-state index in [0.29, 0.717) is 24.8 Å². The molecule has 8 nitrogen and oxygen atoms in total. The first kappa shape index (κ1) is 23.4. The molecule has 174 valence electrons. The van der Waals surface area contributed by atoms with Crippen LogP contribution in [0.5, 0.6) is 0 Å². The van der Waals surface area contributed by atoms with Crippen LogP contribution in [0.25, 0.3) is 0 Å². The number of carbonyl (C=O) groups excluding carboxylic acids is 1. The van der Waals surface area contributed by atoms with E-state index in [1.54, 1.807) is 6.92 Å². The highest BCUT2D eigenvalue weighted by Crippen LogP contribution is 2.30. The number of carbonyl (C=O) groups is 1. The first-order valence-electron chi connectivity index (χ1n) is 10.6. The van der Waals surface area contributed by atoms with Crippen LogP contribution >= 0.6 is 11.6 Å². The van der Waals surface area contributed by atoms with Crippen molar-refractivity contribution in [3.05, 3.63) is 76.4 Å². The summed E-state index contributed by atoms with van der Waals surface area (Å²) < 4.78 is 38.1. The smallest absolute Gasteiger partial charge is 0.338 e. The van der Waals surface area contributed by atoms with E-state index in [9.17, 15) is 13.2 Å². The van der Waals surface area contributed by atoms with Crippen LogP contribution in [0.15, 0.2) is 57.9 Å². The summed E-state index contributed by atoms with van der Waals surface area (Å²) in [7, 11) is -3.86. The molecule has 0 radical (unpaired) electrons. The zero-order chi connectivity index (χ0) is 23.4. The summed E-state index contributed by atoms with van der Waals surface area (Å²) in [5.41, 5.74) is 1.33. The normalized spacial score (nSPS) is 15.5. The number of piperidine rings is 1. The quantitative estimate of drug-likeness (QED) is 0.461. The average molecular weight is 490 g/mol. The van der Waals surface area contributed by atoms with Crippen LogP contribution in [-0.2, 0) is 27.8 Å². The lowest BCUT2D eigenvalue weighted by molar-refractivity contribution is 0.0429. The highest BCUT2D eigenvalue weighted by Gasteiger charge is 2.31. The molecule has 1 aliphatic heterocycles. The molecule has 0 spiro atoms. The molecular formula is C23H24ClN3O5S.